The van der Waals surface area contributed by atoms with E-state index in [1.165, 1.54) is 6.33 Å². The largest absolute Gasteiger partial charge is 0.397 e. The second-order valence-corrected chi connectivity index (χ2v) is 4.56. The van der Waals surface area contributed by atoms with Gasteiger partial charge in [0, 0.05) is 5.39 Å². The van der Waals surface area contributed by atoms with Crippen molar-refractivity contribution in [3.63, 3.8) is 0 Å². The average molecular weight is 270 g/mol. The van der Waals surface area contributed by atoms with Gasteiger partial charge in [-0.25, -0.2) is 4.98 Å². The first-order chi connectivity index (χ1) is 9.65. The molecule has 7 heteroatoms. The van der Waals surface area contributed by atoms with Crippen LogP contribution >= 0.6 is 0 Å². The zero-order valence-electron chi connectivity index (χ0n) is 10.8. The van der Waals surface area contributed by atoms with E-state index in [2.05, 4.69) is 25.5 Å². The first-order valence-electron chi connectivity index (χ1n) is 6.18. The van der Waals surface area contributed by atoms with Gasteiger partial charge in [-0.2, -0.15) is 5.10 Å². The first kappa shape index (κ1) is 12.2. The van der Waals surface area contributed by atoms with Crippen molar-refractivity contribution in [3.05, 3.63) is 42.1 Å². The summed E-state index contributed by atoms with van der Waals surface area (Å²) in [6, 6.07) is 7.06. The Morgan fingerprint density at radius 1 is 1.45 bits per heavy atom. The third-order valence-corrected chi connectivity index (χ3v) is 3.12. The summed E-state index contributed by atoms with van der Waals surface area (Å²) in [5, 5.41) is 10.2. The number of hydrogen-bond donors (Lipinski definition) is 4. The molecule has 5 N–H and O–H groups in total. The molecular weight excluding hydrogens is 256 g/mol. The fourth-order valence-corrected chi connectivity index (χ4v) is 2.07. The van der Waals surface area contributed by atoms with Crippen LogP contribution in [0, 0.1) is 0 Å². The maximum atomic E-state index is 12.2. The van der Waals surface area contributed by atoms with Crippen LogP contribution in [-0.4, -0.2) is 26.1 Å². The lowest BCUT2D eigenvalue weighted by Crippen LogP contribution is -2.27. The minimum Gasteiger partial charge on any atom is -0.397 e. The van der Waals surface area contributed by atoms with Crippen LogP contribution in [-0.2, 0) is 0 Å². The van der Waals surface area contributed by atoms with Crippen LogP contribution < -0.4 is 11.1 Å². The molecule has 0 spiro atoms. The van der Waals surface area contributed by atoms with Crippen molar-refractivity contribution < 1.29 is 4.79 Å². The summed E-state index contributed by atoms with van der Waals surface area (Å²) < 4.78 is 0. The zero-order chi connectivity index (χ0) is 14.1. The Morgan fingerprint density at radius 2 is 2.30 bits per heavy atom. The van der Waals surface area contributed by atoms with E-state index in [1.807, 2.05) is 19.1 Å². The number of nitrogens with one attached hydrogen (secondary N) is 3. The summed E-state index contributed by atoms with van der Waals surface area (Å²) in [5.41, 5.74) is 7.71. The Balaban J connectivity index is 1.84. The van der Waals surface area contributed by atoms with Crippen molar-refractivity contribution >= 4 is 22.5 Å². The number of hydrogen-bond acceptors (Lipinski definition) is 4. The number of fused-ring (bicyclic) bond motifs is 1. The first-order valence-corrected chi connectivity index (χ1v) is 6.18. The smallest absolute Gasteiger partial charge is 0.268 e. The van der Waals surface area contributed by atoms with Gasteiger partial charge >= 0.3 is 0 Å². The number of H-pyrrole nitrogens is 2. The summed E-state index contributed by atoms with van der Waals surface area (Å²) in [6.07, 6.45) is 1.40. The minimum absolute atomic E-state index is 0.218. The summed E-state index contributed by atoms with van der Waals surface area (Å²) in [7, 11) is 0. The van der Waals surface area contributed by atoms with Gasteiger partial charge in [-0.05, 0) is 19.1 Å². The number of nitrogen functional groups attached to an aromatic ring is 1. The number of para-hydroxylation sites is 1. The molecule has 1 aromatic carbocycles. The molecule has 2 heterocycles. The number of carbonyl (C=O) groups is 1. The van der Waals surface area contributed by atoms with Gasteiger partial charge in [-0.15, -0.1) is 0 Å². The van der Waals surface area contributed by atoms with E-state index in [4.69, 9.17) is 5.73 Å². The molecule has 0 aliphatic rings. The van der Waals surface area contributed by atoms with E-state index in [0.717, 1.165) is 10.9 Å². The van der Waals surface area contributed by atoms with Crippen molar-refractivity contribution in [3.8, 4) is 0 Å². The highest BCUT2D eigenvalue weighted by molar-refractivity contribution is 6.00. The van der Waals surface area contributed by atoms with Crippen LogP contribution in [0.2, 0.25) is 0 Å². The molecule has 0 radical (unpaired) electrons. The topological polar surface area (TPSA) is 112 Å². The van der Waals surface area contributed by atoms with Crippen molar-refractivity contribution in [2.45, 2.75) is 13.0 Å². The van der Waals surface area contributed by atoms with Gasteiger partial charge in [0.15, 0.2) is 0 Å². The highest BCUT2D eigenvalue weighted by Crippen LogP contribution is 2.21. The fourth-order valence-electron chi connectivity index (χ4n) is 2.07. The minimum atomic E-state index is -0.256. The lowest BCUT2D eigenvalue weighted by atomic mass is 10.2. The molecule has 0 saturated heterocycles. The van der Waals surface area contributed by atoms with Gasteiger partial charge in [0.25, 0.3) is 5.91 Å². The Hall–Kier alpha value is -2.83. The molecule has 7 nitrogen and oxygen atoms in total. The summed E-state index contributed by atoms with van der Waals surface area (Å²) in [5.74, 6) is 0.387. The molecule has 0 aliphatic heterocycles. The molecule has 0 bridgehead atoms. The zero-order valence-corrected chi connectivity index (χ0v) is 10.8. The number of benzene rings is 1. The van der Waals surface area contributed by atoms with E-state index in [9.17, 15) is 4.79 Å². The van der Waals surface area contributed by atoms with E-state index in [0.29, 0.717) is 17.2 Å². The number of amides is 1. The highest BCUT2D eigenvalue weighted by atomic mass is 16.1. The Kier molecular flexibility index (Phi) is 2.86. The highest BCUT2D eigenvalue weighted by Gasteiger charge is 2.15. The lowest BCUT2D eigenvalue weighted by molar-refractivity contribution is 0.0934. The number of nitrogens with two attached hydrogens (primary N) is 1. The third-order valence-electron chi connectivity index (χ3n) is 3.12. The number of rotatable bonds is 3. The van der Waals surface area contributed by atoms with E-state index >= 15 is 0 Å². The maximum absolute atomic E-state index is 12.2. The second kappa shape index (κ2) is 4.69. The van der Waals surface area contributed by atoms with Crippen LogP contribution in [0.4, 0.5) is 5.69 Å². The van der Waals surface area contributed by atoms with Crippen LogP contribution in [0.3, 0.4) is 0 Å². The Labute approximate surface area is 114 Å². The number of anilines is 1. The molecule has 20 heavy (non-hydrogen) atoms. The number of carbonyl (C=O) groups excluding carboxylic acids is 1. The molecule has 2 aromatic heterocycles. The molecule has 1 unspecified atom stereocenters. The number of nitrogens with zero attached hydrogens (tertiary/aromatic N) is 2. The fraction of sp³-hybridized carbons (Fsp3) is 0.154. The third kappa shape index (κ3) is 2.09. The number of aromatic amines is 2. The van der Waals surface area contributed by atoms with Crippen molar-refractivity contribution in [2.75, 3.05) is 5.73 Å². The predicted molar refractivity (Wildman–Crippen MR) is 75.0 cm³/mol. The molecular formula is C13H14N6O. The van der Waals surface area contributed by atoms with Crippen molar-refractivity contribution in [1.82, 2.24) is 25.5 Å². The van der Waals surface area contributed by atoms with Crippen molar-refractivity contribution in [2.24, 2.45) is 0 Å². The maximum Gasteiger partial charge on any atom is 0.268 e. The molecule has 0 aliphatic carbocycles. The average Bonchev–Trinajstić information content (AvgIpc) is 3.08. The van der Waals surface area contributed by atoms with Gasteiger partial charge in [0.1, 0.15) is 17.8 Å². The molecule has 1 amide bonds. The van der Waals surface area contributed by atoms with Crippen LogP contribution in [0.15, 0.2) is 30.6 Å². The van der Waals surface area contributed by atoms with Gasteiger partial charge in [-0.1, -0.05) is 12.1 Å². The molecule has 102 valence electrons. The lowest BCUT2D eigenvalue weighted by Gasteiger charge is -2.09. The molecule has 0 saturated carbocycles. The van der Waals surface area contributed by atoms with E-state index in [1.54, 1.807) is 12.1 Å². The van der Waals surface area contributed by atoms with E-state index in [-0.39, 0.29) is 11.9 Å². The predicted octanol–water partition coefficient (Wildman–Crippen LogP) is 1.36. The molecule has 0 fully saturated rings. The molecule has 3 aromatic rings. The summed E-state index contributed by atoms with van der Waals surface area (Å²) in [4.78, 5) is 19.2. The SMILES string of the molecule is CC(NC(=O)c1cc2cccc(N)c2[nH]1)c1ncn[nH]1. The normalized spacial score (nSPS) is 12.4. The second-order valence-electron chi connectivity index (χ2n) is 4.56. The molecule has 3 rings (SSSR count). The van der Waals surface area contributed by atoms with Gasteiger partial charge < -0.3 is 16.0 Å². The summed E-state index contributed by atoms with van der Waals surface area (Å²) >= 11 is 0. The monoisotopic (exact) mass is 270 g/mol. The number of aromatic nitrogens is 4. The summed E-state index contributed by atoms with van der Waals surface area (Å²) in [6.45, 7) is 1.83. The van der Waals surface area contributed by atoms with Gasteiger partial charge in [-0.3, -0.25) is 9.89 Å². The Morgan fingerprint density at radius 3 is 3.00 bits per heavy atom. The Bertz CT molecular complexity index is 745. The van der Waals surface area contributed by atoms with Gasteiger partial charge in [0.2, 0.25) is 0 Å². The van der Waals surface area contributed by atoms with Gasteiger partial charge in [0.05, 0.1) is 17.2 Å². The van der Waals surface area contributed by atoms with Crippen LogP contribution in [0.1, 0.15) is 29.3 Å². The van der Waals surface area contributed by atoms with Crippen LogP contribution in [0.25, 0.3) is 10.9 Å². The van der Waals surface area contributed by atoms with E-state index < -0.39 is 0 Å². The quantitative estimate of drug-likeness (QED) is 0.538. The van der Waals surface area contributed by atoms with Crippen molar-refractivity contribution in [1.29, 1.82) is 0 Å². The molecule has 1 atom stereocenters. The van der Waals surface area contributed by atoms with Crippen LogP contribution in [0.5, 0.6) is 0 Å². The standard InChI is InChI=1S/C13H14N6O/c1-7(12-15-6-16-19-12)17-13(20)10-5-8-3-2-4-9(14)11(8)18-10/h2-7,18H,14H2,1H3,(H,17,20)(H,15,16,19).